The Kier molecular flexibility index (Phi) is 3.69. The van der Waals surface area contributed by atoms with E-state index in [2.05, 4.69) is 23.1 Å². The highest BCUT2D eigenvalue weighted by Gasteiger charge is 2.55. The monoisotopic (exact) mass is 284 g/mol. The van der Waals surface area contributed by atoms with Crippen LogP contribution in [0.3, 0.4) is 0 Å². The number of carbonyl (C=O) groups is 1. The number of rotatable bonds is 3. The molecular formula is C17H20N2O2. The zero-order valence-corrected chi connectivity index (χ0v) is 12.3. The van der Waals surface area contributed by atoms with Crippen LogP contribution >= 0.6 is 0 Å². The molecule has 0 radical (unpaired) electrons. The van der Waals surface area contributed by atoms with Crippen molar-refractivity contribution in [2.75, 3.05) is 20.2 Å². The van der Waals surface area contributed by atoms with E-state index in [1.54, 1.807) is 0 Å². The minimum absolute atomic E-state index is 0.0986. The van der Waals surface area contributed by atoms with Crippen molar-refractivity contribution in [2.24, 2.45) is 17.3 Å². The summed E-state index contributed by atoms with van der Waals surface area (Å²) in [7, 11) is 1.43. The van der Waals surface area contributed by atoms with E-state index in [9.17, 15) is 10.1 Å². The third-order valence-electron chi connectivity index (χ3n) is 4.95. The smallest absolute Gasteiger partial charge is 0.308 e. The standard InChI is InChI=1S/C17H20N2O2/c1-21-16(20)14-7-15-10-19(12-17(15,8-14)11-18)9-13-5-3-2-4-6-13/h2-6,14-15H,7-10,12H2,1H3/t14-,15-,17-/m1/s1. The number of carbonyl (C=O) groups excluding carboxylic acids is 1. The van der Waals surface area contributed by atoms with Crippen LogP contribution in [0.5, 0.6) is 0 Å². The van der Waals surface area contributed by atoms with Gasteiger partial charge in [0.25, 0.3) is 0 Å². The predicted octanol–water partition coefficient (Wildman–Crippen LogP) is 2.21. The number of benzene rings is 1. The molecular weight excluding hydrogens is 264 g/mol. The molecule has 21 heavy (non-hydrogen) atoms. The third-order valence-corrected chi connectivity index (χ3v) is 4.95. The lowest BCUT2D eigenvalue weighted by Gasteiger charge is -2.21. The van der Waals surface area contributed by atoms with Crippen molar-refractivity contribution >= 4 is 5.97 Å². The molecule has 1 aliphatic heterocycles. The molecule has 0 bridgehead atoms. The molecule has 1 aliphatic carbocycles. The summed E-state index contributed by atoms with van der Waals surface area (Å²) in [6, 6.07) is 12.8. The predicted molar refractivity (Wildman–Crippen MR) is 78.0 cm³/mol. The first-order valence-electron chi connectivity index (χ1n) is 7.42. The van der Waals surface area contributed by atoms with Crippen LogP contribution in [-0.2, 0) is 16.1 Å². The molecule has 0 N–H and O–H groups in total. The molecule has 0 unspecified atom stereocenters. The summed E-state index contributed by atoms with van der Waals surface area (Å²) in [5.74, 6) is 0.0301. The van der Waals surface area contributed by atoms with Gasteiger partial charge >= 0.3 is 5.97 Å². The number of fused-ring (bicyclic) bond motifs is 1. The first-order valence-corrected chi connectivity index (χ1v) is 7.42. The average molecular weight is 284 g/mol. The maximum Gasteiger partial charge on any atom is 0.308 e. The second-order valence-corrected chi connectivity index (χ2v) is 6.28. The van der Waals surface area contributed by atoms with Gasteiger partial charge in [0.15, 0.2) is 0 Å². The van der Waals surface area contributed by atoms with Gasteiger partial charge in [-0.15, -0.1) is 0 Å². The largest absolute Gasteiger partial charge is 0.469 e. The molecule has 2 aliphatic rings. The second kappa shape index (κ2) is 5.50. The zero-order chi connectivity index (χ0) is 14.9. The van der Waals surface area contributed by atoms with Gasteiger partial charge in [-0.1, -0.05) is 30.3 Å². The normalized spacial score (nSPS) is 31.6. The molecule has 4 nitrogen and oxygen atoms in total. The number of nitrogens with zero attached hydrogens (tertiary/aromatic N) is 2. The summed E-state index contributed by atoms with van der Waals surface area (Å²) in [4.78, 5) is 14.1. The van der Waals surface area contributed by atoms with Gasteiger partial charge in [-0.3, -0.25) is 9.69 Å². The first kappa shape index (κ1) is 14.1. The van der Waals surface area contributed by atoms with E-state index < -0.39 is 0 Å². The lowest BCUT2D eigenvalue weighted by atomic mass is 9.82. The topological polar surface area (TPSA) is 53.3 Å². The van der Waals surface area contributed by atoms with Crippen molar-refractivity contribution in [1.29, 1.82) is 5.26 Å². The molecule has 1 aromatic carbocycles. The summed E-state index contributed by atoms with van der Waals surface area (Å²) in [6.07, 6.45) is 1.43. The van der Waals surface area contributed by atoms with Crippen molar-refractivity contribution in [3.8, 4) is 6.07 Å². The molecule has 1 heterocycles. The molecule has 0 aromatic heterocycles. The molecule has 3 rings (SSSR count). The van der Waals surface area contributed by atoms with Crippen LogP contribution < -0.4 is 0 Å². The Hall–Kier alpha value is -1.86. The van der Waals surface area contributed by atoms with Crippen LogP contribution in [0, 0.1) is 28.6 Å². The molecule has 110 valence electrons. The molecule has 0 spiro atoms. The van der Waals surface area contributed by atoms with E-state index in [0.717, 1.165) is 26.1 Å². The SMILES string of the molecule is COC(=O)[C@@H]1C[C@@H]2CN(Cc3ccccc3)C[C@]2(C#N)C1. The lowest BCUT2D eigenvalue weighted by Crippen LogP contribution is -2.27. The zero-order valence-electron chi connectivity index (χ0n) is 12.3. The Morgan fingerprint density at radius 2 is 2.24 bits per heavy atom. The van der Waals surface area contributed by atoms with Gasteiger partial charge in [-0.25, -0.2) is 0 Å². The Morgan fingerprint density at radius 3 is 2.86 bits per heavy atom. The number of nitriles is 1. The second-order valence-electron chi connectivity index (χ2n) is 6.28. The molecule has 0 amide bonds. The molecule has 1 saturated carbocycles. The van der Waals surface area contributed by atoms with E-state index in [0.29, 0.717) is 6.42 Å². The van der Waals surface area contributed by atoms with E-state index >= 15 is 0 Å². The number of likely N-dealkylation sites (tertiary alicyclic amines) is 1. The number of hydrogen-bond acceptors (Lipinski definition) is 4. The first-order chi connectivity index (χ1) is 10.2. The maximum absolute atomic E-state index is 11.7. The highest BCUT2D eigenvalue weighted by atomic mass is 16.5. The van der Waals surface area contributed by atoms with Crippen LogP contribution in [0.15, 0.2) is 30.3 Å². The summed E-state index contributed by atoms with van der Waals surface area (Å²) in [6.45, 7) is 2.54. The molecule has 3 atom stereocenters. The van der Waals surface area contributed by atoms with Crippen LogP contribution in [0.25, 0.3) is 0 Å². The number of esters is 1. The van der Waals surface area contributed by atoms with Gasteiger partial charge in [0, 0.05) is 19.6 Å². The Bertz CT molecular complexity index is 566. The summed E-state index contributed by atoms with van der Waals surface area (Å²) < 4.78 is 4.85. The minimum Gasteiger partial charge on any atom is -0.469 e. The Morgan fingerprint density at radius 1 is 1.48 bits per heavy atom. The third kappa shape index (κ3) is 2.54. The summed E-state index contributed by atoms with van der Waals surface area (Å²) in [5.41, 5.74) is 0.906. The van der Waals surface area contributed by atoms with E-state index in [1.165, 1.54) is 12.7 Å². The quantitative estimate of drug-likeness (QED) is 0.799. The Labute approximate surface area is 125 Å². The highest BCUT2D eigenvalue weighted by Crippen LogP contribution is 2.51. The van der Waals surface area contributed by atoms with Crippen LogP contribution in [0.1, 0.15) is 18.4 Å². The number of ether oxygens (including phenoxy) is 1. The van der Waals surface area contributed by atoms with Gasteiger partial charge < -0.3 is 4.74 Å². The molecule has 1 aromatic rings. The molecule has 1 saturated heterocycles. The van der Waals surface area contributed by atoms with E-state index in [1.807, 2.05) is 18.2 Å². The van der Waals surface area contributed by atoms with Crippen LogP contribution in [0.4, 0.5) is 0 Å². The number of methoxy groups -OCH3 is 1. The average Bonchev–Trinajstić information content (AvgIpc) is 3.01. The molecule has 4 heteroatoms. The van der Waals surface area contributed by atoms with Gasteiger partial charge in [0.1, 0.15) is 0 Å². The van der Waals surface area contributed by atoms with E-state index in [4.69, 9.17) is 4.74 Å². The van der Waals surface area contributed by atoms with Crippen LogP contribution in [0.2, 0.25) is 0 Å². The van der Waals surface area contributed by atoms with E-state index in [-0.39, 0.29) is 23.2 Å². The van der Waals surface area contributed by atoms with Crippen molar-refractivity contribution in [1.82, 2.24) is 4.90 Å². The highest BCUT2D eigenvalue weighted by molar-refractivity contribution is 5.73. The van der Waals surface area contributed by atoms with Gasteiger partial charge in [0.2, 0.25) is 0 Å². The minimum atomic E-state index is -0.367. The fourth-order valence-corrected chi connectivity index (χ4v) is 3.96. The van der Waals surface area contributed by atoms with Crippen LogP contribution in [-0.4, -0.2) is 31.1 Å². The lowest BCUT2D eigenvalue weighted by molar-refractivity contribution is -0.145. The summed E-state index contributed by atoms with van der Waals surface area (Å²) in [5, 5.41) is 9.65. The fraction of sp³-hybridized carbons (Fsp3) is 0.529. The fourth-order valence-electron chi connectivity index (χ4n) is 3.96. The van der Waals surface area contributed by atoms with Crippen molar-refractivity contribution in [3.05, 3.63) is 35.9 Å². The van der Waals surface area contributed by atoms with Gasteiger partial charge in [0.05, 0.1) is 24.5 Å². The Balaban J connectivity index is 1.69. The van der Waals surface area contributed by atoms with Crippen molar-refractivity contribution < 1.29 is 9.53 Å². The van der Waals surface area contributed by atoms with Gasteiger partial charge in [-0.2, -0.15) is 5.26 Å². The number of hydrogen-bond donors (Lipinski definition) is 0. The van der Waals surface area contributed by atoms with Gasteiger partial charge in [-0.05, 0) is 24.3 Å². The van der Waals surface area contributed by atoms with Crippen molar-refractivity contribution in [3.63, 3.8) is 0 Å². The maximum atomic E-state index is 11.7. The van der Waals surface area contributed by atoms with Crippen molar-refractivity contribution in [2.45, 2.75) is 19.4 Å². The summed E-state index contributed by atoms with van der Waals surface area (Å²) >= 11 is 0. The molecule has 2 fully saturated rings.